The van der Waals surface area contributed by atoms with Crippen molar-refractivity contribution in [2.45, 2.75) is 46.5 Å². The molecule has 0 amide bonds. The number of nitrogens with zero attached hydrogens (tertiary/aromatic N) is 1. The Balaban J connectivity index is 2.75. The standard InChI is InChI=1S/C21H37N3O3/c1-6-21(7-2,12-14-25)16-24-20(22-8-3)23-13-11-17-15-18(26-4)9-10-19(17)27-5/h9-10,15,25H,6-8,11-14,16H2,1-5H3,(H2,22,23,24). The van der Waals surface area contributed by atoms with Crippen LogP contribution in [0.15, 0.2) is 23.2 Å². The lowest BCUT2D eigenvalue weighted by Crippen LogP contribution is -2.39. The van der Waals surface area contributed by atoms with Crippen LogP contribution in [-0.4, -0.2) is 51.5 Å². The number of aliphatic hydroxyl groups excluding tert-OH is 1. The highest BCUT2D eigenvalue weighted by Gasteiger charge is 2.25. The molecule has 154 valence electrons. The first kappa shape index (κ1) is 23.1. The zero-order valence-corrected chi connectivity index (χ0v) is 17.6. The Morgan fingerprint density at radius 2 is 1.85 bits per heavy atom. The number of aliphatic hydroxyl groups is 1. The maximum absolute atomic E-state index is 9.39. The lowest BCUT2D eigenvalue weighted by atomic mass is 9.79. The highest BCUT2D eigenvalue weighted by Crippen LogP contribution is 2.30. The molecule has 0 aliphatic rings. The van der Waals surface area contributed by atoms with E-state index in [4.69, 9.17) is 14.5 Å². The van der Waals surface area contributed by atoms with Crippen LogP contribution in [0.4, 0.5) is 0 Å². The molecular formula is C21H37N3O3. The average molecular weight is 380 g/mol. The van der Waals surface area contributed by atoms with Crippen LogP contribution in [0.1, 0.15) is 45.6 Å². The second-order valence-electron chi connectivity index (χ2n) is 6.73. The number of benzene rings is 1. The maximum Gasteiger partial charge on any atom is 0.191 e. The van der Waals surface area contributed by atoms with Crippen LogP contribution in [-0.2, 0) is 6.42 Å². The predicted octanol–water partition coefficient (Wildman–Crippen LogP) is 2.99. The van der Waals surface area contributed by atoms with E-state index in [-0.39, 0.29) is 12.0 Å². The molecule has 3 N–H and O–H groups in total. The Morgan fingerprint density at radius 3 is 2.41 bits per heavy atom. The monoisotopic (exact) mass is 379 g/mol. The SMILES string of the molecule is CCNC(=NCC(CC)(CC)CCO)NCCc1cc(OC)ccc1OC. The van der Waals surface area contributed by atoms with Crippen molar-refractivity contribution >= 4 is 5.96 Å². The predicted molar refractivity (Wildman–Crippen MR) is 112 cm³/mol. The van der Waals surface area contributed by atoms with Crippen LogP contribution in [0, 0.1) is 5.41 Å². The van der Waals surface area contributed by atoms with Crippen molar-refractivity contribution in [3.8, 4) is 11.5 Å². The molecule has 0 saturated carbocycles. The van der Waals surface area contributed by atoms with E-state index in [1.165, 1.54) is 0 Å². The van der Waals surface area contributed by atoms with Gasteiger partial charge in [-0.25, -0.2) is 0 Å². The zero-order chi connectivity index (χ0) is 20.1. The fourth-order valence-electron chi connectivity index (χ4n) is 3.12. The second-order valence-corrected chi connectivity index (χ2v) is 6.73. The largest absolute Gasteiger partial charge is 0.497 e. The van der Waals surface area contributed by atoms with Gasteiger partial charge < -0.3 is 25.2 Å². The lowest BCUT2D eigenvalue weighted by Gasteiger charge is -2.29. The van der Waals surface area contributed by atoms with Crippen molar-refractivity contribution in [3.63, 3.8) is 0 Å². The van der Waals surface area contributed by atoms with Crippen molar-refractivity contribution in [1.29, 1.82) is 0 Å². The second kappa shape index (κ2) is 12.4. The molecule has 0 aliphatic heterocycles. The number of hydrogen-bond acceptors (Lipinski definition) is 4. The minimum atomic E-state index is 0.0626. The van der Waals surface area contributed by atoms with E-state index < -0.39 is 0 Å². The third-order valence-corrected chi connectivity index (χ3v) is 5.23. The van der Waals surface area contributed by atoms with E-state index in [9.17, 15) is 5.11 Å². The number of nitrogens with one attached hydrogen (secondary N) is 2. The number of rotatable bonds is 12. The molecule has 0 fully saturated rings. The van der Waals surface area contributed by atoms with Crippen molar-refractivity contribution < 1.29 is 14.6 Å². The van der Waals surface area contributed by atoms with E-state index >= 15 is 0 Å². The summed E-state index contributed by atoms with van der Waals surface area (Å²) in [5, 5.41) is 16.1. The van der Waals surface area contributed by atoms with Gasteiger partial charge in [-0.1, -0.05) is 13.8 Å². The van der Waals surface area contributed by atoms with E-state index in [0.29, 0.717) is 6.54 Å². The molecule has 0 saturated heterocycles. The minimum Gasteiger partial charge on any atom is -0.497 e. The molecule has 0 aromatic heterocycles. The lowest BCUT2D eigenvalue weighted by molar-refractivity contribution is 0.175. The highest BCUT2D eigenvalue weighted by atomic mass is 16.5. The molecule has 0 aliphatic carbocycles. The summed E-state index contributed by atoms with van der Waals surface area (Å²) in [5.74, 6) is 2.49. The molecule has 0 atom stereocenters. The number of ether oxygens (including phenoxy) is 2. The zero-order valence-electron chi connectivity index (χ0n) is 17.6. The molecule has 0 spiro atoms. The van der Waals surface area contributed by atoms with Crippen LogP contribution < -0.4 is 20.1 Å². The quantitative estimate of drug-likeness (QED) is 0.384. The summed E-state index contributed by atoms with van der Waals surface area (Å²) in [7, 11) is 3.35. The minimum absolute atomic E-state index is 0.0626. The number of hydrogen-bond donors (Lipinski definition) is 3. The first-order chi connectivity index (χ1) is 13.1. The van der Waals surface area contributed by atoms with Crippen LogP contribution in [0.2, 0.25) is 0 Å². The van der Waals surface area contributed by atoms with Gasteiger partial charge in [0.15, 0.2) is 5.96 Å². The van der Waals surface area contributed by atoms with E-state index in [0.717, 1.165) is 61.8 Å². The van der Waals surface area contributed by atoms with Gasteiger partial charge in [0.2, 0.25) is 0 Å². The summed E-state index contributed by atoms with van der Waals surface area (Å²) in [6, 6.07) is 5.84. The summed E-state index contributed by atoms with van der Waals surface area (Å²) in [6.45, 7) is 8.85. The molecule has 0 heterocycles. The van der Waals surface area contributed by atoms with E-state index in [1.54, 1.807) is 14.2 Å². The molecule has 6 nitrogen and oxygen atoms in total. The van der Waals surface area contributed by atoms with Gasteiger partial charge >= 0.3 is 0 Å². The van der Waals surface area contributed by atoms with Crippen LogP contribution in [0.25, 0.3) is 0 Å². The maximum atomic E-state index is 9.39. The number of methoxy groups -OCH3 is 2. The molecule has 1 aromatic carbocycles. The Bertz CT molecular complexity index is 572. The number of guanidine groups is 1. The average Bonchev–Trinajstić information content (AvgIpc) is 2.70. The molecule has 0 bridgehead atoms. The topological polar surface area (TPSA) is 75.1 Å². The summed E-state index contributed by atoms with van der Waals surface area (Å²) >= 11 is 0. The Hall–Kier alpha value is -1.95. The third-order valence-electron chi connectivity index (χ3n) is 5.23. The van der Waals surface area contributed by atoms with Gasteiger partial charge in [-0.2, -0.15) is 0 Å². The normalized spacial score (nSPS) is 12.0. The van der Waals surface area contributed by atoms with E-state index in [2.05, 4.69) is 31.4 Å². The summed E-state index contributed by atoms with van der Waals surface area (Å²) < 4.78 is 10.8. The highest BCUT2D eigenvalue weighted by molar-refractivity contribution is 5.79. The Kier molecular flexibility index (Phi) is 10.6. The van der Waals surface area contributed by atoms with Gasteiger partial charge in [0.05, 0.1) is 14.2 Å². The van der Waals surface area contributed by atoms with E-state index in [1.807, 2.05) is 18.2 Å². The van der Waals surface area contributed by atoms with Gasteiger partial charge in [0.1, 0.15) is 11.5 Å². The summed E-state index contributed by atoms with van der Waals surface area (Å²) in [5.41, 5.74) is 1.16. The van der Waals surface area contributed by atoms with Crippen LogP contribution in [0.3, 0.4) is 0 Å². The molecule has 6 heteroatoms. The molecule has 0 radical (unpaired) electrons. The molecule has 27 heavy (non-hydrogen) atoms. The van der Waals surface area contributed by atoms with Gasteiger partial charge in [0.25, 0.3) is 0 Å². The fraction of sp³-hybridized carbons (Fsp3) is 0.667. The van der Waals surface area contributed by atoms with Gasteiger partial charge in [-0.15, -0.1) is 0 Å². The van der Waals surface area contributed by atoms with Gasteiger partial charge in [-0.05, 0) is 61.8 Å². The van der Waals surface area contributed by atoms with Crippen molar-refractivity contribution in [3.05, 3.63) is 23.8 Å². The number of aliphatic imine (C=N–C) groups is 1. The molecular weight excluding hydrogens is 342 g/mol. The fourth-order valence-corrected chi connectivity index (χ4v) is 3.12. The van der Waals surface area contributed by atoms with Crippen LogP contribution in [0.5, 0.6) is 11.5 Å². The Morgan fingerprint density at radius 1 is 1.11 bits per heavy atom. The van der Waals surface area contributed by atoms with Crippen LogP contribution >= 0.6 is 0 Å². The first-order valence-electron chi connectivity index (χ1n) is 9.92. The summed E-state index contributed by atoms with van der Waals surface area (Å²) in [6.07, 6.45) is 3.60. The third kappa shape index (κ3) is 7.29. The molecule has 1 aromatic rings. The summed E-state index contributed by atoms with van der Waals surface area (Å²) in [4.78, 5) is 4.78. The van der Waals surface area contributed by atoms with Crippen molar-refractivity contribution in [1.82, 2.24) is 10.6 Å². The van der Waals surface area contributed by atoms with Gasteiger partial charge in [0, 0.05) is 26.2 Å². The molecule has 1 rings (SSSR count). The first-order valence-corrected chi connectivity index (χ1v) is 9.92. The smallest absolute Gasteiger partial charge is 0.191 e. The molecule has 0 unspecified atom stereocenters. The van der Waals surface area contributed by atoms with Crippen molar-refractivity contribution in [2.24, 2.45) is 10.4 Å². The van der Waals surface area contributed by atoms with Crippen molar-refractivity contribution in [2.75, 3.05) is 40.5 Å². The van der Waals surface area contributed by atoms with Gasteiger partial charge in [-0.3, -0.25) is 4.99 Å². The Labute approximate surface area is 164 Å².